The Morgan fingerprint density at radius 3 is 2.94 bits per heavy atom. The molecule has 4 atom stereocenters. The lowest BCUT2D eigenvalue weighted by molar-refractivity contribution is -0.0615. The molecule has 2 aliphatic heterocycles. The second kappa shape index (κ2) is 5.13. The molecule has 2 unspecified atom stereocenters. The van der Waals surface area contributed by atoms with Crippen LogP contribution >= 0.6 is 0 Å². The molecule has 0 bridgehead atoms. The third-order valence-corrected chi connectivity index (χ3v) is 3.86. The Balaban J connectivity index is 1.72. The first-order valence-corrected chi connectivity index (χ1v) is 6.73. The van der Waals surface area contributed by atoms with Gasteiger partial charge in [0, 0.05) is 13.1 Å². The predicted octanol–water partition coefficient (Wildman–Crippen LogP) is 1.33. The quantitative estimate of drug-likeness (QED) is 0.741. The second-order valence-corrected chi connectivity index (χ2v) is 5.28. The van der Waals surface area contributed by atoms with Crippen LogP contribution in [0.25, 0.3) is 0 Å². The van der Waals surface area contributed by atoms with E-state index in [1.165, 1.54) is 5.57 Å². The van der Waals surface area contributed by atoms with Crippen molar-refractivity contribution in [2.45, 2.75) is 37.8 Å². The molecule has 0 spiro atoms. The average molecular weight is 251 g/mol. The molecule has 3 aliphatic rings. The lowest BCUT2D eigenvalue weighted by Gasteiger charge is -2.37. The normalized spacial score (nSPS) is 40.7. The molecule has 0 aromatic carbocycles. The van der Waals surface area contributed by atoms with Crippen molar-refractivity contribution < 1.29 is 14.2 Å². The molecule has 100 valence electrons. The number of hydrogen-bond donors (Lipinski definition) is 0. The van der Waals surface area contributed by atoms with Crippen LogP contribution in [0.15, 0.2) is 23.8 Å². The molecule has 2 heterocycles. The zero-order valence-electron chi connectivity index (χ0n) is 11.0. The highest BCUT2D eigenvalue weighted by molar-refractivity contribution is 5.32. The molecule has 3 rings (SSSR count). The minimum absolute atomic E-state index is 0.0703. The van der Waals surface area contributed by atoms with E-state index in [1.807, 2.05) is 0 Å². The molecular formula is C14H21NO3. The van der Waals surface area contributed by atoms with Gasteiger partial charge in [-0.05, 0) is 25.1 Å². The summed E-state index contributed by atoms with van der Waals surface area (Å²) in [5.74, 6) is 0. The van der Waals surface area contributed by atoms with Crippen LogP contribution in [0.3, 0.4) is 0 Å². The zero-order valence-corrected chi connectivity index (χ0v) is 11.0. The molecule has 4 heteroatoms. The molecule has 0 radical (unpaired) electrons. The van der Waals surface area contributed by atoms with Gasteiger partial charge in [0.2, 0.25) is 0 Å². The maximum Gasteiger partial charge on any atom is 0.148 e. The van der Waals surface area contributed by atoms with E-state index in [4.69, 9.17) is 14.2 Å². The molecule has 0 aromatic heterocycles. The second-order valence-electron chi connectivity index (χ2n) is 5.28. The van der Waals surface area contributed by atoms with Crippen LogP contribution in [0, 0.1) is 0 Å². The molecule has 18 heavy (non-hydrogen) atoms. The van der Waals surface area contributed by atoms with Gasteiger partial charge in [0.25, 0.3) is 0 Å². The molecule has 2 fully saturated rings. The number of nitrogens with zero attached hydrogens (tertiary/aromatic N) is 1. The minimum Gasteiger partial charge on any atom is -0.368 e. The third kappa shape index (κ3) is 2.38. The Labute approximate surface area is 108 Å². The number of fused-ring (bicyclic) bond motifs is 1. The van der Waals surface area contributed by atoms with Crippen LogP contribution in [-0.4, -0.2) is 56.2 Å². The fraction of sp³-hybridized carbons (Fsp3) is 0.714. The molecule has 4 nitrogen and oxygen atoms in total. The molecule has 0 aromatic rings. The first-order chi connectivity index (χ1) is 8.76. The lowest BCUT2D eigenvalue weighted by atomic mass is 9.97. The summed E-state index contributed by atoms with van der Waals surface area (Å²) in [5, 5.41) is 0. The van der Waals surface area contributed by atoms with Crippen LogP contribution in [0.2, 0.25) is 0 Å². The summed E-state index contributed by atoms with van der Waals surface area (Å²) < 4.78 is 17.1. The summed E-state index contributed by atoms with van der Waals surface area (Å²) in [7, 11) is 2.16. The number of morpholine rings is 1. The fourth-order valence-electron chi connectivity index (χ4n) is 2.79. The number of likely N-dealkylation sites (N-methyl/N-ethyl adjacent to an activating group) is 1. The highest BCUT2D eigenvalue weighted by Gasteiger charge is 2.32. The van der Waals surface area contributed by atoms with Crippen molar-refractivity contribution in [2.24, 2.45) is 0 Å². The largest absolute Gasteiger partial charge is 0.368 e. The first-order valence-electron chi connectivity index (χ1n) is 6.73. The van der Waals surface area contributed by atoms with Crippen LogP contribution in [0.4, 0.5) is 0 Å². The smallest absolute Gasteiger partial charge is 0.148 e. The molecule has 0 N–H and O–H groups in total. The van der Waals surface area contributed by atoms with E-state index in [0.717, 1.165) is 19.5 Å². The van der Waals surface area contributed by atoms with Crippen molar-refractivity contribution in [1.29, 1.82) is 0 Å². The topological polar surface area (TPSA) is 30.9 Å². The summed E-state index contributed by atoms with van der Waals surface area (Å²) in [6.45, 7) is 4.54. The van der Waals surface area contributed by atoms with Crippen LogP contribution in [-0.2, 0) is 14.2 Å². The third-order valence-electron chi connectivity index (χ3n) is 3.86. The van der Waals surface area contributed by atoms with E-state index in [2.05, 4.69) is 37.1 Å². The SMILES string of the molecule is CC[C@@H]1CN(C)C[C@@H](C2=CC3OCOC3C=C2)O1. The van der Waals surface area contributed by atoms with Gasteiger partial charge in [0.05, 0.1) is 12.2 Å². The van der Waals surface area contributed by atoms with Crippen molar-refractivity contribution in [1.82, 2.24) is 4.90 Å². The van der Waals surface area contributed by atoms with Gasteiger partial charge in [-0.15, -0.1) is 0 Å². The van der Waals surface area contributed by atoms with Crippen molar-refractivity contribution in [3.8, 4) is 0 Å². The van der Waals surface area contributed by atoms with Gasteiger partial charge in [0.1, 0.15) is 19.0 Å². The van der Waals surface area contributed by atoms with Crippen LogP contribution in [0.1, 0.15) is 13.3 Å². The highest BCUT2D eigenvalue weighted by Crippen LogP contribution is 2.27. The maximum atomic E-state index is 6.14. The van der Waals surface area contributed by atoms with E-state index >= 15 is 0 Å². The van der Waals surface area contributed by atoms with Crippen molar-refractivity contribution in [3.63, 3.8) is 0 Å². The summed E-state index contributed by atoms with van der Waals surface area (Å²) in [6.07, 6.45) is 8.10. The van der Waals surface area contributed by atoms with Gasteiger partial charge in [-0.1, -0.05) is 19.1 Å². The fourth-order valence-corrected chi connectivity index (χ4v) is 2.79. The minimum atomic E-state index is 0.0703. The summed E-state index contributed by atoms with van der Waals surface area (Å²) in [5.41, 5.74) is 1.23. The summed E-state index contributed by atoms with van der Waals surface area (Å²) in [4.78, 5) is 2.34. The van der Waals surface area contributed by atoms with Gasteiger partial charge >= 0.3 is 0 Å². The summed E-state index contributed by atoms with van der Waals surface area (Å²) in [6, 6.07) is 0. The van der Waals surface area contributed by atoms with E-state index in [1.54, 1.807) is 0 Å². The van der Waals surface area contributed by atoms with Gasteiger partial charge in [-0.3, -0.25) is 0 Å². The predicted molar refractivity (Wildman–Crippen MR) is 68.3 cm³/mol. The lowest BCUT2D eigenvalue weighted by Crippen LogP contribution is -2.46. The monoisotopic (exact) mass is 251 g/mol. The van der Waals surface area contributed by atoms with Gasteiger partial charge in [-0.2, -0.15) is 0 Å². The molecule has 1 aliphatic carbocycles. The van der Waals surface area contributed by atoms with E-state index < -0.39 is 0 Å². The highest BCUT2D eigenvalue weighted by atomic mass is 16.7. The Morgan fingerprint density at radius 2 is 2.11 bits per heavy atom. The van der Waals surface area contributed by atoms with E-state index in [9.17, 15) is 0 Å². The Hall–Kier alpha value is -0.680. The van der Waals surface area contributed by atoms with Crippen LogP contribution in [0.5, 0.6) is 0 Å². The Morgan fingerprint density at radius 1 is 1.28 bits per heavy atom. The Kier molecular flexibility index (Phi) is 3.52. The van der Waals surface area contributed by atoms with Gasteiger partial charge in [-0.25, -0.2) is 0 Å². The van der Waals surface area contributed by atoms with Crippen molar-refractivity contribution >= 4 is 0 Å². The van der Waals surface area contributed by atoms with Gasteiger partial charge < -0.3 is 19.1 Å². The first kappa shape index (κ1) is 12.4. The molecule has 0 amide bonds. The van der Waals surface area contributed by atoms with E-state index in [-0.39, 0.29) is 18.3 Å². The maximum absolute atomic E-state index is 6.14. The molecular weight excluding hydrogens is 230 g/mol. The van der Waals surface area contributed by atoms with E-state index in [0.29, 0.717) is 12.9 Å². The standard InChI is InChI=1S/C14H21NO3/c1-3-11-7-15(2)8-14(18-11)10-4-5-12-13(6-10)17-9-16-12/h4-6,11-14H,3,7-9H2,1-2H3/t11-,12?,13?,14+/m1/s1. The number of rotatable bonds is 2. The number of ether oxygens (including phenoxy) is 3. The average Bonchev–Trinajstić information content (AvgIpc) is 2.85. The number of hydrogen-bond acceptors (Lipinski definition) is 4. The Bertz CT molecular complexity index is 366. The summed E-state index contributed by atoms with van der Waals surface area (Å²) >= 11 is 0. The van der Waals surface area contributed by atoms with Crippen LogP contribution < -0.4 is 0 Å². The van der Waals surface area contributed by atoms with Crippen molar-refractivity contribution in [2.75, 3.05) is 26.9 Å². The van der Waals surface area contributed by atoms with Gasteiger partial charge in [0.15, 0.2) is 0 Å². The molecule has 0 saturated carbocycles. The molecule has 2 saturated heterocycles. The van der Waals surface area contributed by atoms with Crippen molar-refractivity contribution in [3.05, 3.63) is 23.8 Å². The zero-order chi connectivity index (χ0) is 12.5.